The molecule has 0 atom stereocenters. The van der Waals surface area contributed by atoms with Crippen LogP contribution in [0.5, 0.6) is 0 Å². The van der Waals surface area contributed by atoms with E-state index in [4.69, 9.17) is 18.0 Å². The SMILES string of the molecule is CSCCC(=O)Nc1cc(Br)ccc1C(N)=S. The number of thiocarbonyl (C=S) groups is 1. The van der Waals surface area contributed by atoms with Gasteiger partial charge in [0.05, 0.1) is 5.69 Å². The molecule has 3 nitrogen and oxygen atoms in total. The van der Waals surface area contributed by atoms with Gasteiger partial charge in [-0.1, -0.05) is 28.1 Å². The maximum atomic E-state index is 11.6. The number of halogens is 1. The van der Waals surface area contributed by atoms with Crippen molar-refractivity contribution in [3.63, 3.8) is 0 Å². The first-order valence-corrected chi connectivity index (χ1v) is 7.52. The molecule has 1 rings (SSSR count). The van der Waals surface area contributed by atoms with Crippen LogP contribution in [-0.2, 0) is 4.79 Å². The average molecular weight is 333 g/mol. The van der Waals surface area contributed by atoms with E-state index in [-0.39, 0.29) is 10.9 Å². The number of nitrogens with two attached hydrogens (primary N) is 1. The second-order valence-electron chi connectivity index (χ2n) is 3.35. The van der Waals surface area contributed by atoms with Gasteiger partial charge in [-0.25, -0.2) is 0 Å². The minimum absolute atomic E-state index is 0.0325. The van der Waals surface area contributed by atoms with Gasteiger partial charge in [0.25, 0.3) is 0 Å². The van der Waals surface area contributed by atoms with E-state index in [1.807, 2.05) is 12.3 Å². The predicted molar refractivity (Wildman–Crippen MR) is 81.7 cm³/mol. The maximum Gasteiger partial charge on any atom is 0.225 e. The summed E-state index contributed by atoms with van der Waals surface area (Å²) < 4.78 is 0.873. The summed E-state index contributed by atoms with van der Waals surface area (Å²) in [4.78, 5) is 11.9. The van der Waals surface area contributed by atoms with Crippen LogP contribution >= 0.6 is 39.9 Å². The van der Waals surface area contributed by atoms with Gasteiger partial charge in [0, 0.05) is 22.2 Å². The molecule has 0 aliphatic carbocycles. The third kappa shape index (κ3) is 4.65. The number of thioether (sulfide) groups is 1. The van der Waals surface area contributed by atoms with Crippen molar-refractivity contribution >= 4 is 56.5 Å². The lowest BCUT2D eigenvalue weighted by Gasteiger charge is -2.10. The topological polar surface area (TPSA) is 55.1 Å². The number of carbonyl (C=O) groups is 1. The summed E-state index contributed by atoms with van der Waals surface area (Å²) in [5.74, 6) is 0.761. The number of benzene rings is 1. The van der Waals surface area contributed by atoms with E-state index in [2.05, 4.69) is 21.2 Å². The molecule has 0 bridgehead atoms. The van der Waals surface area contributed by atoms with Crippen LogP contribution in [0.1, 0.15) is 12.0 Å². The van der Waals surface area contributed by atoms with Crippen LogP contribution < -0.4 is 11.1 Å². The zero-order chi connectivity index (χ0) is 12.8. The Morgan fingerprint density at radius 1 is 1.59 bits per heavy atom. The molecule has 0 saturated heterocycles. The lowest BCUT2D eigenvalue weighted by Crippen LogP contribution is -2.17. The highest BCUT2D eigenvalue weighted by Gasteiger charge is 2.09. The normalized spacial score (nSPS) is 10.0. The van der Waals surface area contributed by atoms with Crippen LogP contribution in [0.2, 0.25) is 0 Å². The fraction of sp³-hybridized carbons (Fsp3) is 0.273. The third-order valence-corrected chi connectivity index (χ3v) is 3.38. The zero-order valence-electron chi connectivity index (χ0n) is 9.33. The summed E-state index contributed by atoms with van der Waals surface area (Å²) in [5.41, 5.74) is 6.93. The van der Waals surface area contributed by atoms with Crippen LogP contribution in [0, 0.1) is 0 Å². The molecular formula is C11H13BrN2OS2. The molecular weight excluding hydrogens is 320 g/mol. The van der Waals surface area contributed by atoms with Crippen molar-refractivity contribution in [2.75, 3.05) is 17.3 Å². The number of amides is 1. The standard InChI is InChI=1S/C11H13BrN2OS2/c1-17-5-4-10(15)14-9-6-7(12)2-3-8(9)11(13)16/h2-3,6H,4-5H2,1H3,(H2,13,16)(H,14,15). The first-order valence-electron chi connectivity index (χ1n) is 4.92. The number of hydrogen-bond donors (Lipinski definition) is 2. The van der Waals surface area contributed by atoms with E-state index in [9.17, 15) is 4.79 Å². The molecule has 6 heteroatoms. The fourth-order valence-electron chi connectivity index (χ4n) is 1.24. The molecule has 1 amide bonds. The first kappa shape index (κ1) is 14.5. The number of nitrogens with one attached hydrogen (secondary N) is 1. The van der Waals surface area contributed by atoms with Gasteiger partial charge >= 0.3 is 0 Å². The van der Waals surface area contributed by atoms with E-state index in [1.165, 1.54) is 0 Å². The van der Waals surface area contributed by atoms with Gasteiger partial charge < -0.3 is 11.1 Å². The van der Waals surface area contributed by atoms with Crippen LogP contribution in [0.15, 0.2) is 22.7 Å². The van der Waals surface area contributed by atoms with Crippen LogP contribution in [-0.4, -0.2) is 22.9 Å². The van der Waals surface area contributed by atoms with Crippen molar-refractivity contribution in [3.8, 4) is 0 Å². The third-order valence-electron chi connectivity index (χ3n) is 2.05. The molecule has 17 heavy (non-hydrogen) atoms. The predicted octanol–water partition coefficient (Wildman–Crippen LogP) is 2.77. The molecule has 0 aliphatic rings. The monoisotopic (exact) mass is 332 g/mol. The zero-order valence-corrected chi connectivity index (χ0v) is 12.5. The highest BCUT2D eigenvalue weighted by molar-refractivity contribution is 9.10. The molecule has 0 aliphatic heterocycles. The molecule has 0 unspecified atom stereocenters. The minimum Gasteiger partial charge on any atom is -0.389 e. The lowest BCUT2D eigenvalue weighted by molar-refractivity contribution is -0.115. The van der Waals surface area contributed by atoms with Gasteiger partial charge in [-0.05, 0) is 24.5 Å². The Balaban J connectivity index is 2.85. The van der Waals surface area contributed by atoms with Crippen LogP contribution in [0.25, 0.3) is 0 Å². The quantitative estimate of drug-likeness (QED) is 0.814. The summed E-state index contributed by atoms with van der Waals surface area (Å²) >= 11 is 9.92. The molecule has 0 spiro atoms. The average Bonchev–Trinajstić information content (AvgIpc) is 2.26. The second-order valence-corrected chi connectivity index (χ2v) is 5.69. The molecule has 0 heterocycles. The summed E-state index contributed by atoms with van der Waals surface area (Å²) in [7, 11) is 0. The first-order chi connectivity index (χ1) is 8.04. The van der Waals surface area contributed by atoms with Gasteiger partial charge in [0.1, 0.15) is 4.99 Å². The number of hydrogen-bond acceptors (Lipinski definition) is 3. The van der Waals surface area contributed by atoms with Gasteiger partial charge in [-0.3, -0.25) is 4.79 Å². The van der Waals surface area contributed by atoms with Crippen molar-refractivity contribution in [1.29, 1.82) is 0 Å². The molecule has 92 valence electrons. The molecule has 1 aromatic rings. The summed E-state index contributed by atoms with van der Waals surface area (Å²) in [6.07, 6.45) is 2.44. The van der Waals surface area contributed by atoms with E-state index in [1.54, 1.807) is 23.9 Å². The highest BCUT2D eigenvalue weighted by atomic mass is 79.9. The second kappa shape index (κ2) is 6.98. The minimum atomic E-state index is -0.0325. The Kier molecular flexibility index (Phi) is 5.94. The van der Waals surface area contributed by atoms with Gasteiger partial charge in [0.2, 0.25) is 5.91 Å². The van der Waals surface area contributed by atoms with Crippen molar-refractivity contribution in [1.82, 2.24) is 0 Å². The maximum absolute atomic E-state index is 11.6. The van der Waals surface area contributed by atoms with E-state index in [0.717, 1.165) is 10.2 Å². The fourth-order valence-corrected chi connectivity index (χ4v) is 2.17. The number of rotatable bonds is 5. The molecule has 0 saturated carbocycles. The van der Waals surface area contributed by atoms with Crippen LogP contribution in [0.3, 0.4) is 0 Å². The van der Waals surface area contributed by atoms with Gasteiger partial charge in [-0.2, -0.15) is 11.8 Å². The van der Waals surface area contributed by atoms with Crippen molar-refractivity contribution < 1.29 is 4.79 Å². The van der Waals surface area contributed by atoms with E-state index < -0.39 is 0 Å². The Labute approximate surface area is 119 Å². The summed E-state index contributed by atoms with van der Waals surface area (Å²) in [5, 5.41) is 2.82. The van der Waals surface area contributed by atoms with Crippen molar-refractivity contribution in [3.05, 3.63) is 28.2 Å². The number of anilines is 1. The molecule has 0 radical (unpaired) electrons. The van der Waals surface area contributed by atoms with Crippen molar-refractivity contribution in [2.45, 2.75) is 6.42 Å². The van der Waals surface area contributed by atoms with E-state index >= 15 is 0 Å². The Hall–Kier alpha value is -0.590. The Morgan fingerprint density at radius 2 is 2.29 bits per heavy atom. The molecule has 3 N–H and O–H groups in total. The van der Waals surface area contributed by atoms with E-state index in [0.29, 0.717) is 17.7 Å². The van der Waals surface area contributed by atoms with Crippen LogP contribution in [0.4, 0.5) is 5.69 Å². The Bertz CT molecular complexity index is 437. The largest absolute Gasteiger partial charge is 0.389 e. The highest BCUT2D eigenvalue weighted by Crippen LogP contribution is 2.21. The summed E-state index contributed by atoms with van der Waals surface area (Å²) in [6, 6.07) is 5.42. The Morgan fingerprint density at radius 3 is 2.88 bits per heavy atom. The molecule has 0 aromatic heterocycles. The molecule has 0 fully saturated rings. The van der Waals surface area contributed by atoms with Gasteiger partial charge in [0.15, 0.2) is 0 Å². The summed E-state index contributed by atoms with van der Waals surface area (Å²) in [6.45, 7) is 0. The smallest absolute Gasteiger partial charge is 0.225 e. The number of carbonyl (C=O) groups excluding carboxylic acids is 1. The van der Waals surface area contributed by atoms with Crippen molar-refractivity contribution in [2.24, 2.45) is 5.73 Å². The molecule has 1 aromatic carbocycles. The van der Waals surface area contributed by atoms with Gasteiger partial charge in [-0.15, -0.1) is 0 Å². The lowest BCUT2D eigenvalue weighted by atomic mass is 10.1.